The smallest absolute Gasteiger partial charge is 0.0768 e. The van der Waals surface area contributed by atoms with E-state index in [9.17, 15) is 0 Å². The monoisotopic (exact) mass is 95.1 g/mol. The number of rotatable bonds is 1. The van der Waals surface area contributed by atoms with Crippen LogP contribution in [0.1, 0.15) is 20.6 Å². The predicted octanol–water partition coefficient (Wildman–Crippen LogP) is -0.252. The van der Waals surface area contributed by atoms with Crippen LogP contribution in [0, 0.1) is 0 Å². The predicted molar refractivity (Wildman–Crippen MR) is 23.4 cm³/mol. The topological polar surface area (TPSA) is 40.5 Å². The van der Waals surface area contributed by atoms with Gasteiger partial charge in [0.1, 0.15) is 0 Å². The van der Waals surface area contributed by atoms with E-state index in [1.807, 2.05) is 0 Å². The van der Waals surface area contributed by atoms with Gasteiger partial charge in [0.05, 0.1) is 13.6 Å². The molecule has 38 valence electrons. The first-order valence-electron chi connectivity index (χ1n) is 4.12. The van der Waals surface area contributed by atoms with Crippen molar-refractivity contribution in [2.45, 2.75) is 25.9 Å². The second-order valence-electron chi connectivity index (χ2n) is 0.894. The zero-order valence-electron chi connectivity index (χ0n) is 8.18. The zero-order chi connectivity index (χ0) is 9.28. The molecule has 0 aliphatic heterocycles. The zero-order valence-corrected chi connectivity index (χ0v) is 3.18. The summed E-state index contributed by atoms with van der Waals surface area (Å²) in [4.78, 5) is 0. The SMILES string of the molecule is [2H]CC([2H])(O)C(O)C([2H])([2H])[2H]. The van der Waals surface area contributed by atoms with Gasteiger partial charge in [0, 0.05) is 5.48 Å². The molecule has 0 aliphatic rings. The van der Waals surface area contributed by atoms with E-state index in [0.717, 1.165) is 0 Å². The molecule has 0 saturated heterocycles. The van der Waals surface area contributed by atoms with Crippen LogP contribution in [-0.2, 0) is 0 Å². The molecule has 0 heterocycles. The Labute approximate surface area is 44.4 Å². The summed E-state index contributed by atoms with van der Waals surface area (Å²) in [5.41, 5.74) is 0. The molecule has 0 aromatic carbocycles. The van der Waals surface area contributed by atoms with E-state index < -0.39 is 25.9 Å². The molecule has 0 rings (SSSR count). The standard InChI is InChI=1S/C4H10O2/c1-3(5)4(2)6/h3-6H,1-2H3/i1D,2D3,3D. The molecular formula is C4H10O2. The minimum atomic E-state index is -2.81. The van der Waals surface area contributed by atoms with Crippen molar-refractivity contribution in [1.29, 1.82) is 0 Å². The van der Waals surface area contributed by atoms with Crippen molar-refractivity contribution in [1.82, 2.24) is 0 Å². The Kier molecular flexibility index (Phi) is 0.524. The van der Waals surface area contributed by atoms with E-state index in [1.165, 1.54) is 0 Å². The van der Waals surface area contributed by atoms with Crippen LogP contribution in [0.25, 0.3) is 0 Å². The summed E-state index contributed by atoms with van der Waals surface area (Å²) in [5, 5.41) is 17.6. The van der Waals surface area contributed by atoms with E-state index in [2.05, 4.69) is 0 Å². The van der Waals surface area contributed by atoms with Gasteiger partial charge in [0.25, 0.3) is 0 Å². The first-order chi connectivity index (χ1) is 4.72. The van der Waals surface area contributed by atoms with Gasteiger partial charge in [0.2, 0.25) is 0 Å². The van der Waals surface area contributed by atoms with Crippen LogP contribution in [0.4, 0.5) is 0 Å². The maximum Gasteiger partial charge on any atom is 0.0768 e. The fourth-order valence-corrected chi connectivity index (χ4v) is 0. The van der Waals surface area contributed by atoms with Crippen LogP contribution in [0.15, 0.2) is 0 Å². The van der Waals surface area contributed by atoms with Gasteiger partial charge >= 0.3 is 0 Å². The van der Waals surface area contributed by atoms with E-state index in [-0.39, 0.29) is 0 Å². The lowest BCUT2D eigenvalue weighted by molar-refractivity contribution is 0.0438. The molecule has 2 atom stereocenters. The molecule has 0 bridgehead atoms. The van der Waals surface area contributed by atoms with Crippen LogP contribution >= 0.6 is 0 Å². The Morgan fingerprint density at radius 2 is 2.50 bits per heavy atom. The molecular weight excluding hydrogens is 80.0 g/mol. The first-order valence-corrected chi connectivity index (χ1v) is 1.41. The Morgan fingerprint density at radius 1 is 1.83 bits per heavy atom. The van der Waals surface area contributed by atoms with Crippen molar-refractivity contribution in [3.05, 3.63) is 0 Å². The van der Waals surface area contributed by atoms with Crippen LogP contribution in [0.5, 0.6) is 0 Å². The second kappa shape index (κ2) is 2.16. The number of hydrogen-bond acceptors (Lipinski definition) is 2. The fourth-order valence-electron chi connectivity index (χ4n) is 0. The minimum absolute atomic E-state index is 0.868. The molecule has 2 unspecified atom stereocenters. The lowest BCUT2D eigenvalue weighted by atomic mass is 10.3. The van der Waals surface area contributed by atoms with Gasteiger partial charge in [-0.25, -0.2) is 0 Å². The minimum Gasteiger partial charge on any atom is -0.391 e. The summed E-state index contributed by atoms with van der Waals surface area (Å²) in [5.74, 6) is 0. The number of aliphatic hydroxyl groups excluding tert-OH is 1. The van der Waals surface area contributed by atoms with Gasteiger partial charge in [-0.15, -0.1) is 0 Å². The van der Waals surface area contributed by atoms with Crippen molar-refractivity contribution in [2.75, 3.05) is 0 Å². The third-order valence-electron chi connectivity index (χ3n) is 0.316. The molecule has 0 aliphatic carbocycles. The average molecular weight is 95.2 g/mol. The van der Waals surface area contributed by atoms with E-state index in [4.69, 9.17) is 17.1 Å². The summed E-state index contributed by atoms with van der Waals surface area (Å²) in [6.07, 6.45) is -4.79. The fraction of sp³-hybridized carbons (Fsp3) is 1.00. The van der Waals surface area contributed by atoms with Crippen molar-refractivity contribution in [3.63, 3.8) is 0 Å². The van der Waals surface area contributed by atoms with Crippen LogP contribution in [0.2, 0.25) is 0 Å². The summed E-state index contributed by atoms with van der Waals surface area (Å²) in [6.45, 7) is -3.68. The Balaban J connectivity index is 4.35. The molecule has 2 N–H and O–H groups in total. The van der Waals surface area contributed by atoms with Gasteiger partial charge in [0.15, 0.2) is 0 Å². The molecule has 0 amide bonds. The van der Waals surface area contributed by atoms with Crippen molar-refractivity contribution in [2.24, 2.45) is 0 Å². The largest absolute Gasteiger partial charge is 0.391 e. The van der Waals surface area contributed by atoms with E-state index >= 15 is 0 Å². The van der Waals surface area contributed by atoms with Crippen LogP contribution < -0.4 is 0 Å². The maximum atomic E-state index is 8.80. The first kappa shape index (κ1) is 1.46. The molecule has 2 nitrogen and oxygen atoms in total. The number of hydrogen-bond donors (Lipinski definition) is 2. The molecule has 6 heavy (non-hydrogen) atoms. The van der Waals surface area contributed by atoms with Crippen molar-refractivity contribution in [3.8, 4) is 0 Å². The van der Waals surface area contributed by atoms with E-state index in [0.29, 0.717) is 0 Å². The maximum absolute atomic E-state index is 8.80. The van der Waals surface area contributed by atoms with Gasteiger partial charge in [-0.3, -0.25) is 0 Å². The van der Waals surface area contributed by atoms with Gasteiger partial charge < -0.3 is 10.2 Å². The van der Waals surface area contributed by atoms with Crippen LogP contribution in [-0.4, -0.2) is 22.4 Å². The summed E-state index contributed by atoms with van der Waals surface area (Å²) in [6, 6.07) is 0. The Morgan fingerprint density at radius 3 is 2.67 bits per heavy atom. The van der Waals surface area contributed by atoms with Crippen LogP contribution in [0.3, 0.4) is 0 Å². The highest BCUT2D eigenvalue weighted by Crippen LogP contribution is 1.85. The molecule has 0 spiro atoms. The highest BCUT2D eigenvalue weighted by atomic mass is 16.3. The second-order valence-corrected chi connectivity index (χ2v) is 0.894. The van der Waals surface area contributed by atoms with E-state index in [1.54, 1.807) is 0 Å². The molecule has 0 radical (unpaired) electrons. The highest BCUT2D eigenvalue weighted by Gasteiger charge is 1.99. The summed E-state index contributed by atoms with van der Waals surface area (Å²) in [7, 11) is 0. The quantitative estimate of drug-likeness (QED) is 0.471. The summed E-state index contributed by atoms with van der Waals surface area (Å²) < 4.78 is 33.2. The highest BCUT2D eigenvalue weighted by molar-refractivity contribution is 4.50. The lowest BCUT2D eigenvalue weighted by Crippen LogP contribution is -2.17. The Bertz CT molecular complexity index is 131. The molecule has 0 fully saturated rings. The van der Waals surface area contributed by atoms with Gasteiger partial charge in [-0.05, 0) is 13.8 Å². The third-order valence-corrected chi connectivity index (χ3v) is 0.316. The van der Waals surface area contributed by atoms with Gasteiger partial charge in [-0.1, -0.05) is 0 Å². The molecule has 0 saturated carbocycles. The summed E-state index contributed by atoms with van der Waals surface area (Å²) >= 11 is 0. The normalized spacial score (nSPS) is 39.3. The molecule has 0 aromatic heterocycles. The van der Waals surface area contributed by atoms with Gasteiger partial charge in [-0.2, -0.15) is 0 Å². The third kappa shape index (κ3) is 2.18. The van der Waals surface area contributed by atoms with Crippen molar-refractivity contribution < 1.29 is 17.1 Å². The number of aliphatic hydroxyl groups is 2. The van der Waals surface area contributed by atoms with Crippen molar-refractivity contribution >= 4 is 0 Å². The lowest BCUT2D eigenvalue weighted by Gasteiger charge is -2.03. The Hall–Kier alpha value is -0.0800. The molecule has 2 heteroatoms. The molecule has 0 aromatic rings. The average Bonchev–Trinajstić information content (AvgIpc) is 1.84.